The molecule has 0 saturated carbocycles. The minimum absolute atomic E-state index is 0.0681. The molecule has 1 fully saturated rings. The SMILES string of the molecule is CCCNC(=O)COC(=O)c1ccc(N2CCCCCC2)c([N+](=O)[O-])c1. The number of nitrogens with zero attached hydrogens (tertiary/aromatic N) is 2. The van der Waals surface area contributed by atoms with Crippen LogP contribution < -0.4 is 10.2 Å². The van der Waals surface area contributed by atoms with Gasteiger partial charge in [0.15, 0.2) is 6.61 Å². The van der Waals surface area contributed by atoms with Gasteiger partial charge in [-0.3, -0.25) is 14.9 Å². The molecule has 1 amide bonds. The molecular weight excluding hydrogens is 338 g/mol. The summed E-state index contributed by atoms with van der Waals surface area (Å²) >= 11 is 0. The van der Waals surface area contributed by atoms with Crippen molar-refractivity contribution < 1.29 is 19.2 Å². The molecule has 1 aromatic carbocycles. The number of nitrogens with one attached hydrogen (secondary N) is 1. The summed E-state index contributed by atoms with van der Waals surface area (Å²) < 4.78 is 4.94. The summed E-state index contributed by atoms with van der Waals surface area (Å²) in [5.41, 5.74) is 0.476. The van der Waals surface area contributed by atoms with Crippen LogP contribution in [0, 0.1) is 10.1 Å². The monoisotopic (exact) mass is 363 g/mol. The zero-order valence-corrected chi connectivity index (χ0v) is 15.0. The number of hydrogen-bond donors (Lipinski definition) is 1. The van der Waals surface area contributed by atoms with Gasteiger partial charge in [-0.2, -0.15) is 0 Å². The molecule has 26 heavy (non-hydrogen) atoms. The van der Waals surface area contributed by atoms with Gasteiger partial charge in [0.1, 0.15) is 5.69 Å². The molecule has 0 atom stereocenters. The van der Waals surface area contributed by atoms with Gasteiger partial charge in [0.2, 0.25) is 0 Å². The van der Waals surface area contributed by atoms with Gasteiger partial charge >= 0.3 is 5.97 Å². The predicted octanol–water partition coefficient (Wildman–Crippen LogP) is 2.66. The molecule has 0 aliphatic carbocycles. The van der Waals surface area contributed by atoms with Crippen molar-refractivity contribution in [1.82, 2.24) is 5.32 Å². The summed E-state index contributed by atoms with van der Waals surface area (Å²) in [6.07, 6.45) is 5.01. The number of nitro groups is 1. The third-order valence-corrected chi connectivity index (χ3v) is 4.26. The molecule has 1 saturated heterocycles. The number of benzene rings is 1. The first-order valence-corrected chi connectivity index (χ1v) is 9.00. The lowest BCUT2D eigenvalue weighted by Gasteiger charge is -2.22. The van der Waals surface area contributed by atoms with E-state index in [-0.39, 0.29) is 11.3 Å². The Morgan fingerprint density at radius 3 is 2.54 bits per heavy atom. The average molecular weight is 363 g/mol. The van der Waals surface area contributed by atoms with Crippen LogP contribution in [0.3, 0.4) is 0 Å². The molecular formula is C18H25N3O5. The van der Waals surface area contributed by atoms with Crippen molar-refractivity contribution in [2.45, 2.75) is 39.0 Å². The number of carbonyl (C=O) groups excluding carboxylic acids is 2. The van der Waals surface area contributed by atoms with E-state index in [4.69, 9.17) is 4.74 Å². The molecule has 1 N–H and O–H groups in total. The quantitative estimate of drug-likeness (QED) is 0.454. The van der Waals surface area contributed by atoms with Gasteiger partial charge < -0.3 is 15.0 Å². The largest absolute Gasteiger partial charge is 0.452 e. The highest BCUT2D eigenvalue weighted by atomic mass is 16.6. The van der Waals surface area contributed by atoms with Crippen molar-refractivity contribution in [3.8, 4) is 0 Å². The summed E-state index contributed by atoms with van der Waals surface area (Å²) in [5, 5.41) is 14.1. The summed E-state index contributed by atoms with van der Waals surface area (Å²) in [6.45, 7) is 3.55. The third-order valence-electron chi connectivity index (χ3n) is 4.26. The van der Waals surface area contributed by atoms with Crippen molar-refractivity contribution >= 4 is 23.3 Å². The first-order valence-electron chi connectivity index (χ1n) is 9.00. The summed E-state index contributed by atoms with van der Waals surface area (Å²) in [6, 6.07) is 4.34. The minimum atomic E-state index is -0.748. The van der Waals surface area contributed by atoms with E-state index >= 15 is 0 Å². The second-order valence-corrected chi connectivity index (χ2v) is 6.29. The van der Waals surface area contributed by atoms with Crippen molar-refractivity contribution in [3.05, 3.63) is 33.9 Å². The standard InChI is InChI=1S/C18H25N3O5/c1-2-9-19-17(22)13-26-18(23)14-7-8-15(16(12-14)21(24)25)20-10-5-3-4-6-11-20/h7-8,12H,2-6,9-11,13H2,1H3,(H,19,22). The normalized spacial score (nSPS) is 14.4. The van der Waals surface area contributed by atoms with Crippen LogP contribution in [-0.4, -0.2) is 43.0 Å². The van der Waals surface area contributed by atoms with E-state index in [1.165, 1.54) is 12.1 Å². The van der Waals surface area contributed by atoms with E-state index in [0.717, 1.165) is 45.2 Å². The lowest BCUT2D eigenvalue weighted by Crippen LogP contribution is -2.29. The number of anilines is 1. The maximum Gasteiger partial charge on any atom is 0.338 e. The topological polar surface area (TPSA) is 102 Å². The number of hydrogen-bond acceptors (Lipinski definition) is 6. The van der Waals surface area contributed by atoms with Gasteiger partial charge in [0.05, 0.1) is 10.5 Å². The Labute approximate surface area is 152 Å². The van der Waals surface area contributed by atoms with Gasteiger partial charge in [0, 0.05) is 25.7 Å². The van der Waals surface area contributed by atoms with Crippen LogP contribution in [0.2, 0.25) is 0 Å². The van der Waals surface area contributed by atoms with Crippen molar-refractivity contribution in [1.29, 1.82) is 0 Å². The maximum absolute atomic E-state index is 12.1. The lowest BCUT2D eigenvalue weighted by molar-refractivity contribution is -0.384. The van der Waals surface area contributed by atoms with E-state index in [1.54, 1.807) is 6.07 Å². The summed E-state index contributed by atoms with van der Waals surface area (Å²) in [5.74, 6) is -1.14. The van der Waals surface area contributed by atoms with Crippen LogP contribution in [0.5, 0.6) is 0 Å². The highest BCUT2D eigenvalue weighted by Gasteiger charge is 2.23. The minimum Gasteiger partial charge on any atom is -0.452 e. The number of rotatable bonds is 7. The molecule has 142 valence electrons. The molecule has 0 spiro atoms. The summed E-state index contributed by atoms with van der Waals surface area (Å²) in [7, 11) is 0. The molecule has 1 heterocycles. The lowest BCUT2D eigenvalue weighted by atomic mass is 10.1. The molecule has 0 bridgehead atoms. The van der Waals surface area contributed by atoms with Crippen molar-refractivity contribution in [3.63, 3.8) is 0 Å². The Balaban J connectivity index is 2.10. The zero-order valence-electron chi connectivity index (χ0n) is 15.0. The fourth-order valence-corrected chi connectivity index (χ4v) is 2.91. The van der Waals surface area contributed by atoms with Crippen LogP contribution in [0.25, 0.3) is 0 Å². The molecule has 0 unspecified atom stereocenters. The Bertz CT molecular complexity index is 654. The zero-order chi connectivity index (χ0) is 18.9. The predicted molar refractivity (Wildman–Crippen MR) is 97.4 cm³/mol. The van der Waals surface area contributed by atoms with Crippen LogP contribution in [0.1, 0.15) is 49.4 Å². The third kappa shape index (κ3) is 5.44. The fourth-order valence-electron chi connectivity index (χ4n) is 2.91. The molecule has 0 radical (unpaired) electrons. The van der Waals surface area contributed by atoms with Gasteiger partial charge in [-0.05, 0) is 31.4 Å². The second kappa shape index (κ2) is 9.74. The van der Waals surface area contributed by atoms with Gasteiger partial charge in [-0.15, -0.1) is 0 Å². The van der Waals surface area contributed by atoms with E-state index < -0.39 is 23.4 Å². The van der Waals surface area contributed by atoms with Gasteiger partial charge in [-0.25, -0.2) is 4.79 Å². The van der Waals surface area contributed by atoms with Gasteiger partial charge in [-0.1, -0.05) is 19.8 Å². The maximum atomic E-state index is 12.1. The Kier molecular flexibility index (Phi) is 7.37. The first-order chi connectivity index (χ1) is 12.5. The molecule has 2 rings (SSSR count). The Hall–Kier alpha value is -2.64. The number of amides is 1. The van der Waals surface area contributed by atoms with Crippen molar-refractivity contribution in [2.24, 2.45) is 0 Å². The molecule has 1 aromatic rings. The smallest absolute Gasteiger partial charge is 0.338 e. The highest BCUT2D eigenvalue weighted by Crippen LogP contribution is 2.31. The number of nitro benzene ring substituents is 1. The van der Waals surface area contributed by atoms with E-state index in [1.807, 2.05) is 11.8 Å². The Morgan fingerprint density at radius 1 is 1.23 bits per heavy atom. The number of carbonyl (C=O) groups is 2. The van der Waals surface area contributed by atoms with E-state index in [0.29, 0.717) is 12.2 Å². The van der Waals surface area contributed by atoms with Crippen LogP contribution in [0.15, 0.2) is 18.2 Å². The van der Waals surface area contributed by atoms with Gasteiger partial charge in [0.25, 0.3) is 11.6 Å². The fraction of sp³-hybridized carbons (Fsp3) is 0.556. The molecule has 8 heteroatoms. The molecule has 8 nitrogen and oxygen atoms in total. The highest BCUT2D eigenvalue weighted by molar-refractivity contribution is 5.93. The Morgan fingerprint density at radius 2 is 1.92 bits per heavy atom. The first kappa shape index (κ1) is 19.7. The van der Waals surface area contributed by atoms with Crippen LogP contribution >= 0.6 is 0 Å². The molecule has 0 aromatic heterocycles. The summed E-state index contributed by atoms with van der Waals surface area (Å²) in [4.78, 5) is 36.6. The average Bonchev–Trinajstić information content (AvgIpc) is 2.93. The number of esters is 1. The van der Waals surface area contributed by atoms with E-state index in [2.05, 4.69) is 5.32 Å². The molecule has 1 aliphatic heterocycles. The van der Waals surface area contributed by atoms with E-state index in [9.17, 15) is 19.7 Å². The second-order valence-electron chi connectivity index (χ2n) is 6.29. The van der Waals surface area contributed by atoms with Crippen LogP contribution in [-0.2, 0) is 9.53 Å². The van der Waals surface area contributed by atoms with Crippen LogP contribution in [0.4, 0.5) is 11.4 Å². The molecule has 1 aliphatic rings. The number of ether oxygens (including phenoxy) is 1. The van der Waals surface area contributed by atoms with Crippen molar-refractivity contribution in [2.75, 3.05) is 31.1 Å².